The summed E-state index contributed by atoms with van der Waals surface area (Å²) in [6.07, 6.45) is 1.56. The van der Waals surface area contributed by atoms with Gasteiger partial charge in [0.15, 0.2) is 0 Å². The number of hydrogen-bond donors (Lipinski definition) is 1. The molecule has 1 aliphatic rings. The van der Waals surface area contributed by atoms with Crippen molar-refractivity contribution in [1.82, 2.24) is 9.88 Å². The van der Waals surface area contributed by atoms with E-state index in [2.05, 4.69) is 9.88 Å². The Kier molecular flexibility index (Phi) is 5.08. The predicted molar refractivity (Wildman–Crippen MR) is 88.2 cm³/mol. The van der Waals surface area contributed by atoms with Gasteiger partial charge in [-0.25, -0.2) is 4.79 Å². The van der Waals surface area contributed by atoms with Crippen molar-refractivity contribution >= 4 is 5.97 Å². The van der Waals surface area contributed by atoms with E-state index >= 15 is 0 Å². The Morgan fingerprint density at radius 1 is 1.42 bits per heavy atom. The van der Waals surface area contributed by atoms with Crippen molar-refractivity contribution in [2.24, 2.45) is 0 Å². The van der Waals surface area contributed by atoms with E-state index in [4.69, 9.17) is 9.47 Å². The molecule has 24 heavy (non-hydrogen) atoms. The standard InChI is InChI=1S/C18H20N2O4/c1-23-14-5-2-4-13(10-14)17-12-20(8-9-24-17)11-16-15(18(21)22)6-3-7-19-16/h2-7,10,17H,8-9,11-12H2,1H3,(H,21,22). The lowest BCUT2D eigenvalue weighted by Gasteiger charge is -2.33. The van der Waals surface area contributed by atoms with E-state index < -0.39 is 5.97 Å². The SMILES string of the molecule is COc1cccc(C2CN(Cc3ncccc3C(=O)O)CCO2)c1. The van der Waals surface area contributed by atoms with Gasteiger partial charge in [0.25, 0.3) is 0 Å². The Balaban J connectivity index is 1.73. The molecule has 0 radical (unpaired) electrons. The topological polar surface area (TPSA) is 71.9 Å². The molecule has 1 saturated heterocycles. The number of aromatic nitrogens is 1. The van der Waals surface area contributed by atoms with Crippen LogP contribution in [-0.4, -0.2) is 47.8 Å². The van der Waals surface area contributed by atoms with Gasteiger partial charge in [0, 0.05) is 25.8 Å². The van der Waals surface area contributed by atoms with Crippen LogP contribution in [0.1, 0.15) is 27.7 Å². The second-order valence-electron chi connectivity index (χ2n) is 5.67. The Bertz CT molecular complexity index is 720. The molecule has 0 bridgehead atoms. The number of morpholine rings is 1. The zero-order valence-electron chi connectivity index (χ0n) is 13.5. The van der Waals surface area contributed by atoms with Crippen molar-refractivity contribution in [2.45, 2.75) is 12.6 Å². The third-order valence-electron chi connectivity index (χ3n) is 4.11. The van der Waals surface area contributed by atoms with Gasteiger partial charge in [-0.1, -0.05) is 12.1 Å². The molecule has 0 saturated carbocycles. The molecule has 2 heterocycles. The third kappa shape index (κ3) is 3.72. The number of aromatic carboxylic acids is 1. The Labute approximate surface area is 140 Å². The second kappa shape index (κ2) is 7.42. The van der Waals surface area contributed by atoms with Crippen LogP contribution in [0.25, 0.3) is 0 Å². The highest BCUT2D eigenvalue weighted by atomic mass is 16.5. The first-order chi connectivity index (χ1) is 11.7. The van der Waals surface area contributed by atoms with Gasteiger partial charge in [-0.15, -0.1) is 0 Å². The van der Waals surface area contributed by atoms with E-state index in [0.29, 0.717) is 25.4 Å². The van der Waals surface area contributed by atoms with Gasteiger partial charge in [-0.2, -0.15) is 0 Å². The minimum absolute atomic E-state index is 0.0640. The van der Waals surface area contributed by atoms with Gasteiger partial charge in [0.05, 0.1) is 31.1 Å². The van der Waals surface area contributed by atoms with Crippen LogP contribution in [0.2, 0.25) is 0 Å². The van der Waals surface area contributed by atoms with E-state index in [1.807, 2.05) is 24.3 Å². The summed E-state index contributed by atoms with van der Waals surface area (Å²) in [4.78, 5) is 17.7. The fourth-order valence-electron chi connectivity index (χ4n) is 2.86. The molecule has 1 aromatic carbocycles. The molecular weight excluding hydrogens is 308 g/mol. The lowest BCUT2D eigenvalue weighted by molar-refractivity contribution is -0.0334. The highest BCUT2D eigenvalue weighted by Gasteiger charge is 2.24. The maximum Gasteiger partial charge on any atom is 0.337 e. The van der Waals surface area contributed by atoms with Crippen LogP contribution in [0.5, 0.6) is 5.75 Å². The number of carbonyl (C=O) groups is 1. The lowest BCUT2D eigenvalue weighted by atomic mass is 10.1. The molecule has 0 aliphatic carbocycles. The normalized spacial score (nSPS) is 18.3. The minimum atomic E-state index is -0.948. The summed E-state index contributed by atoms with van der Waals surface area (Å²) in [6, 6.07) is 11.1. The summed E-state index contributed by atoms with van der Waals surface area (Å²) in [6.45, 7) is 2.52. The lowest BCUT2D eigenvalue weighted by Crippen LogP contribution is -2.38. The number of pyridine rings is 1. The molecule has 6 nitrogen and oxygen atoms in total. The molecule has 126 valence electrons. The third-order valence-corrected chi connectivity index (χ3v) is 4.11. The molecule has 1 fully saturated rings. The molecule has 1 aromatic heterocycles. The van der Waals surface area contributed by atoms with Gasteiger partial charge in [-0.3, -0.25) is 9.88 Å². The van der Waals surface area contributed by atoms with Crippen molar-refractivity contribution in [3.63, 3.8) is 0 Å². The number of carboxylic acids is 1. The highest BCUT2D eigenvalue weighted by Crippen LogP contribution is 2.26. The number of methoxy groups -OCH3 is 1. The smallest absolute Gasteiger partial charge is 0.337 e. The highest BCUT2D eigenvalue weighted by molar-refractivity contribution is 5.88. The fourth-order valence-corrected chi connectivity index (χ4v) is 2.86. The van der Waals surface area contributed by atoms with Crippen LogP contribution >= 0.6 is 0 Å². The zero-order chi connectivity index (χ0) is 16.9. The van der Waals surface area contributed by atoms with Crippen molar-refractivity contribution in [2.75, 3.05) is 26.8 Å². The average Bonchev–Trinajstić information content (AvgIpc) is 2.62. The van der Waals surface area contributed by atoms with Crippen LogP contribution in [0.4, 0.5) is 0 Å². The van der Waals surface area contributed by atoms with Crippen LogP contribution < -0.4 is 4.74 Å². The van der Waals surface area contributed by atoms with Gasteiger partial charge in [0.1, 0.15) is 5.75 Å². The summed E-state index contributed by atoms with van der Waals surface area (Å²) < 4.78 is 11.1. The molecule has 0 amide bonds. The maximum atomic E-state index is 11.3. The van der Waals surface area contributed by atoms with Gasteiger partial charge in [0.2, 0.25) is 0 Å². The van der Waals surface area contributed by atoms with E-state index in [1.54, 1.807) is 25.4 Å². The zero-order valence-corrected chi connectivity index (χ0v) is 13.5. The first-order valence-corrected chi connectivity index (χ1v) is 7.82. The van der Waals surface area contributed by atoms with E-state index in [1.165, 1.54) is 0 Å². The molecule has 1 unspecified atom stereocenters. The van der Waals surface area contributed by atoms with Crippen molar-refractivity contribution in [1.29, 1.82) is 0 Å². The minimum Gasteiger partial charge on any atom is -0.497 e. The Morgan fingerprint density at radius 2 is 2.29 bits per heavy atom. The fraction of sp³-hybridized carbons (Fsp3) is 0.333. The van der Waals surface area contributed by atoms with E-state index in [-0.39, 0.29) is 11.7 Å². The summed E-state index contributed by atoms with van der Waals surface area (Å²) >= 11 is 0. The molecular formula is C18H20N2O4. The first-order valence-electron chi connectivity index (χ1n) is 7.82. The van der Waals surface area contributed by atoms with Crippen molar-refractivity contribution in [3.8, 4) is 5.75 Å². The van der Waals surface area contributed by atoms with E-state index in [0.717, 1.165) is 17.9 Å². The van der Waals surface area contributed by atoms with E-state index in [9.17, 15) is 9.90 Å². The van der Waals surface area contributed by atoms with Gasteiger partial charge < -0.3 is 14.6 Å². The number of nitrogens with zero attached hydrogens (tertiary/aromatic N) is 2. The Hall–Kier alpha value is -2.44. The monoisotopic (exact) mass is 328 g/mol. The average molecular weight is 328 g/mol. The molecule has 1 N–H and O–H groups in total. The summed E-state index contributed by atoms with van der Waals surface area (Å²) in [5, 5.41) is 9.29. The molecule has 1 aliphatic heterocycles. The predicted octanol–water partition coefficient (Wildman–Crippen LogP) is 2.36. The van der Waals surface area contributed by atoms with Crippen molar-refractivity contribution in [3.05, 3.63) is 59.4 Å². The van der Waals surface area contributed by atoms with Gasteiger partial charge >= 0.3 is 5.97 Å². The number of ether oxygens (including phenoxy) is 2. The molecule has 6 heteroatoms. The molecule has 2 aromatic rings. The van der Waals surface area contributed by atoms with Crippen molar-refractivity contribution < 1.29 is 19.4 Å². The van der Waals surface area contributed by atoms with Crippen LogP contribution in [0.3, 0.4) is 0 Å². The van der Waals surface area contributed by atoms with Gasteiger partial charge in [-0.05, 0) is 29.8 Å². The number of rotatable bonds is 5. The largest absolute Gasteiger partial charge is 0.497 e. The molecule has 1 atom stereocenters. The van der Waals surface area contributed by atoms with Crippen LogP contribution in [0.15, 0.2) is 42.6 Å². The quantitative estimate of drug-likeness (QED) is 0.908. The number of benzene rings is 1. The second-order valence-corrected chi connectivity index (χ2v) is 5.67. The molecule has 3 rings (SSSR count). The maximum absolute atomic E-state index is 11.3. The molecule has 0 spiro atoms. The number of carboxylic acid groups (broad SMARTS) is 1. The summed E-state index contributed by atoms with van der Waals surface area (Å²) in [7, 11) is 1.64. The summed E-state index contributed by atoms with van der Waals surface area (Å²) in [5.74, 6) is -0.151. The van der Waals surface area contributed by atoms with Crippen LogP contribution in [0, 0.1) is 0 Å². The van der Waals surface area contributed by atoms with Crippen LogP contribution in [-0.2, 0) is 11.3 Å². The summed E-state index contributed by atoms with van der Waals surface area (Å²) in [5.41, 5.74) is 1.89. The Morgan fingerprint density at radius 3 is 3.08 bits per heavy atom. The number of hydrogen-bond acceptors (Lipinski definition) is 5. The first kappa shape index (κ1) is 16.4.